The van der Waals surface area contributed by atoms with Gasteiger partial charge < -0.3 is 4.74 Å². The van der Waals surface area contributed by atoms with Crippen LogP contribution in [0.1, 0.15) is 5.56 Å². The van der Waals surface area contributed by atoms with E-state index >= 15 is 0 Å². The molecule has 0 amide bonds. The van der Waals surface area contributed by atoms with Gasteiger partial charge in [0.2, 0.25) is 0 Å². The van der Waals surface area contributed by atoms with E-state index in [-0.39, 0.29) is 0 Å². The second kappa shape index (κ2) is 7.89. The average molecular weight is 348 g/mol. The van der Waals surface area contributed by atoms with Gasteiger partial charge in [-0.15, -0.1) is 0 Å². The minimum atomic E-state index is -0.937. The summed E-state index contributed by atoms with van der Waals surface area (Å²) >= 11 is 0. The minimum absolute atomic E-state index is 0.406. The van der Waals surface area contributed by atoms with Gasteiger partial charge in [-0.25, -0.2) is 14.8 Å². The lowest BCUT2D eigenvalue weighted by Gasteiger charge is -2.14. The summed E-state index contributed by atoms with van der Waals surface area (Å²) < 4.78 is 4.47. The summed E-state index contributed by atoms with van der Waals surface area (Å²) in [5, 5.41) is 0.814. The molecule has 0 aliphatic heterocycles. The number of hydrazine groups is 1. The first kappa shape index (κ1) is 17.1. The van der Waals surface area contributed by atoms with Gasteiger partial charge in [-0.1, -0.05) is 42.5 Å². The van der Waals surface area contributed by atoms with Gasteiger partial charge in [-0.2, -0.15) is 0 Å². The molecule has 0 spiro atoms. The molecule has 0 saturated carbocycles. The van der Waals surface area contributed by atoms with Gasteiger partial charge in [-0.3, -0.25) is 15.6 Å². The number of nitrogens with zero attached hydrogens (tertiary/aromatic N) is 2. The van der Waals surface area contributed by atoms with E-state index in [1.54, 1.807) is 0 Å². The van der Waals surface area contributed by atoms with Crippen molar-refractivity contribution in [3.05, 3.63) is 72.6 Å². The largest absolute Gasteiger partial charge is 0.463 e. The Hall–Kier alpha value is -3.74. The number of ether oxygens (including phenoxy) is 1. The Morgan fingerprint density at radius 1 is 1.00 bits per heavy atom. The van der Waals surface area contributed by atoms with Gasteiger partial charge >= 0.3 is 5.97 Å². The molecule has 2 aromatic carbocycles. The number of carbonyl (C=O) groups is 2. The third-order valence-corrected chi connectivity index (χ3v) is 3.61. The zero-order valence-corrected chi connectivity index (χ0v) is 14.0. The fourth-order valence-corrected chi connectivity index (χ4v) is 2.33. The highest BCUT2D eigenvalue weighted by atomic mass is 16.5. The summed E-state index contributed by atoms with van der Waals surface area (Å²) in [4.78, 5) is 31.8. The first-order valence-corrected chi connectivity index (χ1v) is 7.80. The van der Waals surface area contributed by atoms with Crippen molar-refractivity contribution in [3.8, 4) is 0 Å². The molecule has 3 rings (SSSR count). The van der Waals surface area contributed by atoms with Crippen molar-refractivity contribution in [1.82, 2.24) is 15.4 Å². The molecule has 0 fully saturated rings. The van der Waals surface area contributed by atoms with E-state index in [1.165, 1.54) is 12.4 Å². The van der Waals surface area contributed by atoms with E-state index < -0.39 is 11.8 Å². The summed E-state index contributed by atoms with van der Waals surface area (Å²) in [6, 6.07) is 16.6. The molecule has 0 atom stereocenters. The first-order valence-electron chi connectivity index (χ1n) is 7.80. The number of nitrogens with one attached hydrogen (secondary N) is 2. The second-order valence-corrected chi connectivity index (χ2v) is 5.27. The topological polar surface area (TPSA) is 93.2 Å². The lowest BCUT2D eigenvalue weighted by molar-refractivity contribution is -0.149. The number of fused-ring (bicyclic) bond motifs is 1. The SMILES string of the molecule is COC(=O)C(=O)C=C(NNc1ncnc2ccccc12)c1ccccc1. The quantitative estimate of drug-likeness (QED) is 0.306. The van der Waals surface area contributed by atoms with Gasteiger partial charge in [0.05, 0.1) is 18.3 Å². The van der Waals surface area contributed by atoms with E-state index in [4.69, 9.17) is 0 Å². The van der Waals surface area contributed by atoms with Gasteiger partial charge in [0.25, 0.3) is 5.78 Å². The van der Waals surface area contributed by atoms with Crippen LogP contribution in [-0.4, -0.2) is 28.8 Å². The van der Waals surface area contributed by atoms with Crippen LogP contribution in [0.25, 0.3) is 16.6 Å². The average Bonchev–Trinajstić information content (AvgIpc) is 2.70. The third kappa shape index (κ3) is 3.84. The number of methoxy groups -OCH3 is 1. The molecule has 0 aliphatic rings. The number of hydrogen-bond acceptors (Lipinski definition) is 7. The number of esters is 1. The van der Waals surface area contributed by atoms with Crippen LogP contribution in [0.4, 0.5) is 5.82 Å². The standard InChI is InChI=1S/C19H16N4O3/c1-26-19(25)17(24)11-16(13-7-3-2-4-8-13)22-23-18-14-9-5-6-10-15(14)20-12-21-18/h2-12,22H,1H3,(H,20,21,23). The smallest absolute Gasteiger partial charge is 0.378 e. The van der Waals surface area contributed by atoms with E-state index in [0.29, 0.717) is 11.5 Å². The van der Waals surface area contributed by atoms with Crippen LogP contribution < -0.4 is 10.9 Å². The fraction of sp³-hybridized carbons (Fsp3) is 0.0526. The fourth-order valence-electron chi connectivity index (χ4n) is 2.33. The Kier molecular flexibility index (Phi) is 5.19. The number of rotatable bonds is 6. The third-order valence-electron chi connectivity index (χ3n) is 3.61. The predicted molar refractivity (Wildman–Crippen MR) is 97.7 cm³/mol. The molecule has 26 heavy (non-hydrogen) atoms. The van der Waals surface area contributed by atoms with E-state index in [0.717, 1.165) is 23.6 Å². The molecular formula is C19H16N4O3. The Labute approximate surface area is 149 Å². The maximum Gasteiger partial charge on any atom is 0.378 e. The minimum Gasteiger partial charge on any atom is -0.463 e. The van der Waals surface area contributed by atoms with Gasteiger partial charge in [0, 0.05) is 11.5 Å². The lowest BCUT2D eigenvalue weighted by atomic mass is 10.1. The molecule has 0 bridgehead atoms. The Balaban J connectivity index is 1.90. The number of aromatic nitrogens is 2. The number of hydrogen-bond donors (Lipinski definition) is 2. The van der Waals surface area contributed by atoms with Crippen LogP contribution >= 0.6 is 0 Å². The molecule has 1 aromatic heterocycles. The maximum atomic E-state index is 11.9. The number of carbonyl (C=O) groups excluding carboxylic acids is 2. The molecule has 0 aliphatic carbocycles. The van der Waals surface area contributed by atoms with Crippen LogP contribution in [-0.2, 0) is 14.3 Å². The van der Waals surface area contributed by atoms with Crippen LogP contribution in [0, 0.1) is 0 Å². The molecule has 1 heterocycles. The normalized spacial score (nSPS) is 11.0. The molecule has 0 radical (unpaired) electrons. The molecule has 0 unspecified atom stereocenters. The van der Waals surface area contributed by atoms with Crippen molar-refractivity contribution in [1.29, 1.82) is 0 Å². The Morgan fingerprint density at radius 3 is 2.50 bits per heavy atom. The molecule has 3 aromatic rings. The van der Waals surface area contributed by atoms with Crippen LogP contribution in [0.3, 0.4) is 0 Å². The Bertz CT molecular complexity index is 965. The molecule has 0 saturated heterocycles. The van der Waals surface area contributed by atoms with Gasteiger partial charge in [-0.05, 0) is 17.7 Å². The highest BCUT2D eigenvalue weighted by molar-refractivity contribution is 6.39. The number of anilines is 1. The zero-order valence-electron chi connectivity index (χ0n) is 14.0. The van der Waals surface area contributed by atoms with Crippen molar-refractivity contribution in [3.63, 3.8) is 0 Å². The predicted octanol–water partition coefficient (Wildman–Crippen LogP) is 2.33. The first-order chi connectivity index (χ1) is 12.7. The second-order valence-electron chi connectivity index (χ2n) is 5.27. The molecule has 7 nitrogen and oxygen atoms in total. The Morgan fingerprint density at radius 2 is 1.73 bits per heavy atom. The molecule has 7 heteroatoms. The highest BCUT2D eigenvalue weighted by Crippen LogP contribution is 2.19. The number of para-hydroxylation sites is 1. The summed E-state index contributed by atoms with van der Waals surface area (Å²) in [6.45, 7) is 0. The van der Waals surface area contributed by atoms with E-state index in [9.17, 15) is 9.59 Å². The van der Waals surface area contributed by atoms with Crippen molar-refractivity contribution in [2.75, 3.05) is 12.5 Å². The van der Waals surface area contributed by atoms with E-state index in [1.807, 2.05) is 54.6 Å². The van der Waals surface area contributed by atoms with Crippen LogP contribution in [0.2, 0.25) is 0 Å². The van der Waals surface area contributed by atoms with Crippen molar-refractivity contribution in [2.45, 2.75) is 0 Å². The number of benzene rings is 2. The van der Waals surface area contributed by atoms with Gasteiger partial charge in [0.15, 0.2) is 5.82 Å². The van der Waals surface area contributed by atoms with Crippen LogP contribution in [0.15, 0.2) is 67.0 Å². The molecule has 2 N–H and O–H groups in total. The zero-order chi connectivity index (χ0) is 18.4. The van der Waals surface area contributed by atoms with Crippen LogP contribution in [0.5, 0.6) is 0 Å². The molecule has 130 valence electrons. The summed E-state index contributed by atoms with van der Waals surface area (Å²) in [5.41, 5.74) is 7.83. The van der Waals surface area contributed by atoms with Gasteiger partial charge in [0.1, 0.15) is 6.33 Å². The monoisotopic (exact) mass is 348 g/mol. The van der Waals surface area contributed by atoms with Crippen molar-refractivity contribution in [2.24, 2.45) is 0 Å². The van der Waals surface area contributed by atoms with E-state index in [2.05, 4.69) is 25.6 Å². The highest BCUT2D eigenvalue weighted by Gasteiger charge is 2.13. The summed E-state index contributed by atoms with van der Waals surface area (Å²) in [6.07, 6.45) is 2.62. The summed E-state index contributed by atoms with van der Waals surface area (Å²) in [7, 11) is 1.16. The number of ketones is 1. The lowest BCUT2D eigenvalue weighted by Crippen LogP contribution is -2.23. The maximum absolute atomic E-state index is 11.9. The van der Waals surface area contributed by atoms with Crippen molar-refractivity contribution < 1.29 is 14.3 Å². The molecular weight excluding hydrogens is 332 g/mol. The summed E-state index contributed by atoms with van der Waals surface area (Å²) in [5.74, 6) is -1.16. The van der Waals surface area contributed by atoms with Crippen molar-refractivity contribution >= 4 is 34.2 Å².